The summed E-state index contributed by atoms with van der Waals surface area (Å²) in [4.78, 5) is 8.02. The van der Waals surface area contributed by atoms with Gasteiger partial charge in [-0.1, -0.05) is 13.8 Å². The Morgan fingerprint density at radius 1 is 1.38 bits per heavy atom. The molecule has 0 unspecified atom stereocenters. The van der Waals surface area contributed by atoms with Crippen LogP contribution in [0.3, 0.4) is 0 Å². The number of hydrogen-bond donors (Lipinski definition) is 0. The second-order valence-electron chi connectivity index (χ2n) is 3.77. The van der Waals surface area contributed by atoms with Crippen molar-refractivity contribution in [2.45, 2.75) is 26.3 Å². The summed E-state index contributed by atoms with van der Waals surface area (Å²) in [6, 6.07) is 1.85. The zero-order valence-corrected chi connectivity index (χ0v) is 9.89. The fourth-order valence-electron chi connectivity index (χ4n) is 1.44. The Hall–Kier alpha value is -1.49. The normalized spacial score (nSPS) is 11.0. The third kappa shape index (κ3) is 2.19. The fourth-order valence-corrected chi connectivity index (χ4v) is 1.63. The van der Waals surface area contributed by atoms with Crippen LogP contribution in [0.5, 0.6) is 0 Å². The standard InChI is InChI=1S/C10H12ClN5/c1-7(2)9-14-15-10(11)16(9)5-8-3-4-12-6-13-8/h3-4,6-7H,5H2,1-2H3. The van der Waals surface area contributed by atoms with E-state index in [0.717, 1.165) is 11.5 Å². The maximum Gasteiger partial charge on any atom is 0.225 e. The molecule has 0 radical (unpaired) electrons. The zero-order valence-electron chi connectivity index (χ0n) is 9.13. The second-order valence-corrected chi connectivity index (χ2v) is 4.11. The highest BCUT2D eigenvalue weighted by atomic mass is 35.5. The van der Waals surface area contributed by atoms with E-state index < -0.39 is 0 Å². The van der Waals surface area contributed by atoms with E-state index in [9.17, 15) is 0 Å². The monoisotopic (exact) mass is 237 g/mol. The van der Waals surface area contributed by atoms with E-state index in [-0.39, 0.29) is 5.92 Å². The van der Waals surface area contributed by atoms with E-state index in [1.807, 2.05) is 10.6 Å². The summed E-state index contributed by atoms with van der Waals surface area (Å²) in [7, 11) is 0. The highest BCUT2D eigenvalue weighted by molar-refractivity contribution is 6.28. The van der Waals surface area contributed by atoms with Crippen molar-refractivity contribution in [2.75, 3.05) is 0 Å². The first-order chi connectivity index (χ1) is 7.68. The van der Waals surface area contributed by atoms with Crippen LogP contribution in [-0.2, 0) is 6.54 Å². The van der Waals surface area contributed by atoms with Crippen molar-refractivity contribution in [1.29, 1.82) is 0 Å². The van der Waals surface area contributed by atoms with Crippen LogP contribution in [0.15, 0.2) is 18.6 Å². The van der Waals surface area contributed by atoms with E-state index in [2.05, 4.69) is 34.0 Å². The van der Waals surface area contributed by atoms with E-state index in [0.29, 0.717) is 11.8 Å². The Labute approximate surface area is 98.5 Å². The molecule has 0 aromatic carbocycles. The molecule has 0 saturated heterocycles. The van der Waals surface area contributed by atoms with Crippen LogP contribution in [0.2, 0.25) is 5.28 Å². The number of nitrogens with zero attached hydrogens (tertiary/aromatic N) is 5. The summed E-state index contributed by atoms with van der Waals surface area (Å²) >= 11 is 5.98. The highest BCUT2D eigenvalue weighted by Crippen LogP contribution is 2.17. The number of hydrogen-bond acceptors (Lipinski definition) is 4. The Bertz CT molecular complexity index is 465. The summed E-state index contributed by atoms with van der Waals surface area (Å²) in [5, 5.41) is 8.31. The lowest BCUT2D eigenvalue weighted by Crippen LogP contribution is -2.08. The Morgan fingerprint density at radius 3 is 2.81 bits per heavy atom. The molecule has 0 amide bonds. The molecule has 84 valence electrons. The minimum Gasteiger partial charge on any atom is -0.295 e. The molecule has 0 aliphatic carbocycles. The third-order valence-corrected chi connectivity index (χ3v) is 2.49. The predicted octanol–water partition coefficient (Wildman–Crippen LogP) is 1.89. The van der Waals surface area contributed by atoms with Crippen molar-refractivity contribution in [1.82, 2.24) is 24.7 Å². The van der Waals surface area contributed by atoms with Crippen LogP contribution in [0.4, 0.5) is 0 Å². The van der Waals surface area contributed by atoms with Crippen molar-refractivity contribution < 1.29 is 0 Å². The molecule has 2 rings (SSSR count). The average Bonchev–Trinajstić information content (AvgIpc) is 2.62. The van der Waals surface area contributed by atoms with Crippen molar-refractivity contribution >= 4 is 11.6 Å². The molecule has 0 aliphatic rings. The van der Waals surface area contributed by atoms with Crippen LogP contribution >= 0.6 is 11.6 Å². The minimum atomic E-state index is 0.279. The molecule has 5 nitrogen and oxygen atoms in total. The summed E-state index contributed by atoms with van der Waals surface area (Å²) < 4.78 is 1.86. The van der Waals surface area contributed by atoms with Gasteiger partial charge in [-0.3, -0.25) is 4.57 Å². The van der Waals surface area contributed by atoms with Gasteiger partial charge in [-0.25, -0.2) is 9.97 Å². The topological polar surface area (TPSA) is 56.5 Å². The summed E-state index contributed by atoms with van der Waals surface area (Å²) in [5.41, 5.74) is 0.888. The lowest BCUT2D eigenvalue weighted by Gasteiger charge is -2.08. The molecule has 2 aromatic heterocycles. The number of halogens is 1. The largest absolute Gasteiger partial charge is 0.295 e. The molecule has 2 aromatic rings. The molecule has 0 fully saturated rings. The SMILES string of the molecule is CC(C)c1nnc(Cl)n1Cc1ccncn1. The van der Waals surface area contributed by atoms with Gasteiger partial charge >= 0.3 is 0 Å². The first-order valence-corrected chi connectivity index (χ1v) is 5.39. The number of rotatable bonds is 3. The van der Waals surface area contributed by atoms with Gasteiger partial charge in [0.15, 0.2) is 0 Å². The molecule has 16 heavy (non-hydrogen) atoms. The van der Waals surface area contributed by atoms with Gasteiger partial charge in [0.1, 0.15) is 12.2 Å². The molecular weight excluding hydrogens is 226 g/mol. The van der Waals surface area contributed by atoms with Gasteiger partial charge in [-0.15, -0.1) is 10.2 Å². The van der Waals surface area contributed by atoms with Crippen LogP contribution in [0.1, 0.15) is 31.3 Å². The lowest BCUT2D eigenvalue weighted by atomic mass is 10.2. The van der Waals surface area contributed by atoms with Gasteiger partial charge in [0.2, 0.25) is 5.28 Å². The van der Waals surface area contributed by atoms with Crippen LogP contribution in [0.25, 0.3) is 0 Å². The first kappa shape index (κ1) is 11.0. The van der Waals surface area contributed by atoms with Gasteiger partial charge < -0.3 is 0 Å². The Morgan fingerprint density at radius 2 is 2.19 bits per heavy atom. The van der Waals surface area contributed by atoms with E-state index in [1.54, 1.807) is 6.20 Å². The predicted molar refractivity (Wildman–Crippen MR) is 60.3 cm³/mol. The first-order valence-electron chi connectivity index (χ1n) is 5.02. The van der Waals surface area contributed by atoms with E-state index in [1.165, 1.54) is 6.33 Å². The van der Waals surface area contributed by atoms with Gasteiger partial charge in [0.25, 0.3) is 0 Å². The summed E-state index contributed by atoms with van der Waals surface area (Å²) in [5.74, 6) is 1.14. The molecule has 0 aliphatic heterocycles. The van der Waals surface area contributed by atoms with Crippen LogP contribution in [-0.4, -0.2) is 24.7 Å². The van der Waals surface area contributed by atoms with Crippen molar-refractivity contribution in [3.63, 3.8) is 0 Å². The summed E-state index contributed by atoms with van der Waals surface area (Å²) in [6.07, 6.45) is 3.22. The summed E-state index contributed by atoms with van der Waals surface area (Å²) in [6.45, 7) is 4.68. The average molecular weight is 238 g/mol. The van der Waals surface area contributed by atoms with E-state index in [4.69, 9.17) is 11.6 Å². The molecule has 0 atom stereocenters. The molecule has 0 saturated carbocycles. The van der Waals surface area contributed by atoms with Crippen molar-refractivity contribution in [3.8, 4) is 0 Å². The Kier molecular flexibility index (Phi) is 3.14. The molecular formula is C10H12ClN5. The molecule has 0 spiro atoms. The van der Waals surface area contributed by atoms with E-state index >= 15 is 0 Å². The maximum absolute atomic E-state index is 5.98. The lowest BCUT2D eigenvalue weighted by molar-refractivity contribution is 0.660. The smallest absolute Gasteiger partial charge is 0.225 e. The van der Waals surface area contributed by atoms with Crippen molar-refractivity contribution in [3.05, 3.63) is 35.4 Å². The molecule has 6 heteroatoms. The van der Waals surface area contributed by atoms with Crippen molar-refractivity contribution in [2.24, 2.45) is 0 Å². The van der Waals surface area contributed by atoms with Gasteiger partial charge in [0.05, 0.1) is 12.2 Å². The van der Waals surface area contributed by atoms with Gasteiger partial charge in [-0.05, 0) is 17.7 Å². The van der Waals surface area contributed by atoms with Gasteiger partial charge in [-0.2, -0.15) is 0 Å². The Balaban J connectivity index is 2.31. The quantitative estimate of drug-likeness (QED) is 0.818. The molecule has 0 bridgehead atoms. The highest BCUT2D eigenvalue weighted by Gasteiger charge is 2.13. The van der Waals surface area contributed by atoms with Gasteiger partial charge in [0, 0.05) is 12.1 Å². The van der Waals surface area contributed by atoms with Crippen LogP contribution < -0.4 is 0 Å². The maximum atomic E-state index is 5.98. The minimum absolute atomic E-state index is 0.279. The third-order valence-electron chi connectivity index (χ3n) is 2.21. The molecule has 0 N–H and O–H groups in total. The number of aromatic nitrogens is 5. The molecule has 2 heterocycles. The fraction of sp³-hybridized carbons (Fsp3) is 0.400. The second kappa shape index (κ2) is 4.57. The van der Waals surface area contributed by atoms with Crippen LogP contribution in [0, 0.1) is 0 Å². The zero-order chi connectivity index (χ0) is 11.5.